The Labute approximate surface area is 260 Å². The van der Waals surface area contributed by atoms with Crippen LogP contribution in [0.2, 0.25) is 5.15 Å². The summed E-state index contributed by atoms with van der Waals surface area (Å²) in [5.74, 6) is -4.47. The average Bonchev–Trinajstić information content (AvgIpc) is 2.99. The number of amides is 3. The van der Waals surface area contributed by atoms with Crippen LogP contribution in [0.4, 0.5) is 32.4 Å². The lowest BCUT2D eigenvalue weighted by Crippen LogP contribution is -2.61. The molecule has 45 heavy (non-hydrogen) atoms. The number of alkyl halides is 5. The molecule has 1 saturated heterocycles. The number of piperazine rings is 1. The Morgan fingerprint density at radius 2 is 1.69 bits per heavy atom. The molecule has 0 unspecified atom stereocenters. The molecule has 242 valence electrons. The van der Waals surface area contributed by atoms with Crippen molar-refractivity contribution < 1.29 is 44.7 Å². The Kier molecular flexibility index (Phi) is 10.2. The van der Waals surface area contributed by atoms with Gasteiger partial charge in [-0.05, 0) is 42.0 Å². The van der Waals surface area contributed by atoms with E-state index in [-0.39, 0.29) is 30.4 Å². The standard InChI is InChI=1S/C28H27ClF5N5O5S/c1-2-27(30,31)19-5-3-18(4-6-19)16-36-25(40)23-17-38(26(41)37-20-11-12-35-24(29)15-20)13-14-39(23)45(42,43)22-9-7-21(8-10-22)44-28(32,33)34/h3-12,15,23H,2,13-14,16-17H2,1H3,(H,36,40)(H,35,37,41)/t23-/m1/s1. The highest BCUT2D eigenvalue weighted by Crippen LogP contribution is 2.31. The molecule has 4 rings (SSSR count). The molecule has 1 aliphatic heterocycles. The number of benzene rings is 2. The Morgan fingerprint density at radius 1 is 1.02 bits per heavy atom. The maximum Gasteiger partial charge on any atom is 0.573 e. The number of sulfonamides is 1. The zero-order valence-electron chi connectivity index (χ0n) is 23.5. The summed E-state index contributed by atoms with van der Waals surface area (Å²) < 4.78 is 97.6. The van der Waals surface area contributed by atoms with Crippen LogP contribution in [0.3, 0.4) is 0 Å². The molecule has 1 aliphatic rings. The lowest BCUT2D eigenvalue weighted by atomic mass is 10.0. The summed E-state index contributed by atoms with van der Waals surface area (Å²) in [6, 6.07) is 9.46. The number of rotatable bonds is 9. The van der Waals surface area contributed by atoms with Crippen LogP contribution in [0.1, 0.15) is 24.5 Å². The Hall–Kier alpha value is -4.02. The third kappa shape index (κ3) is 8.58. The Morgan fingerprint density at radius 3 is 2.29 bits per heavy atom. The number of urea groups is 1. The van der Waals surface area contributed by atoms with Crippen molar-refractivity contribution >= 4 is 39.2 Å². The monoisotopic (exact) mass is 675 g/mol. The number of aromatic nitrogens is 1. The van der Waals surface area contributed by atoms with E-state index in [0.717, 1.165) is 28.6 Å². The molecule has 3 aromatic rings. The number of halogens is 6. The molecule has 1 aromatic heterocycles. The minimum Gasteiger partial charge on any atom is -0.406 e. The van der Waals surface area contributed by atoms with Gasteiger partial charge in [-0.3, -0.25) is 4.79 Å². The van der Waals surface area contributed by atoms with E-state index in [4.69, 9.17) is 11.6 Å². The van der Waals surface area contributed by atoms with Crippen molar-refractivity contribution in [1.29, 1.82) is 0 Å². The van der Waals surface area contributed by atoms with Gasteiger partial charge >= 0.3 is 12.4 Å². The van der Waals surface area contributed by atoms with Crippen molar-refractivity contribution in [1.82, 2.24) is 19.5 Å². The number of anilines is 1. The molecule has 0 radical (unpaired) electrons. The van der Waals surface area contributed by atoms with Gasteiger partial charge in [-0.2, -0.15) is 4.31 Å². The van der Waals surface area contributed by atoms with E-state index in [0.29, 0.717) is 11.3 Å². The molecule has 0 aliphatic carbocycles. The van der Waals surface area contributed by atoms with Crippen molar-refractivity contribution in [3.63, 3.8) is 0 Å². The number of carbonyl (C=O) groups excluding carboxylic acids is 2. The highest BCUT2D eigenvalue weighted by Gasteiger charge is 2.41. The van der Waals surface area contributed by atoms with Crippen LogP contribution in [0.5, 0.6) is 5.75 Å². The first-order valence-corrected chi connectivity index (χ1v) is 15.2. The number of ether oxygens (including phenoxy) is 1. The SMILES string of the molecule is CCC(F)(F)c1ccc(CNC(=O)[C@H]2CN(C(=O)Nc3ccnc(Cl)c3)CCN2S(=O)(=O)c2ccc(OC(F)(F)F)cc2)cc1. The van der Waals surface area contributed by atoms with Crippen LogP contribution >= 0.6 is 11.6 Å². The van der Waals surface area contributed by atoms with E-state index < -0.39 is 63.9 Å². The fourth-order valence-corrected chi connectivity index (χ4v) is 6.21. The molecule has 1 atom stereocenters. The summed E-state index contributed by atoms with van der Waals surface area (Å²) in [5.41, 5.74) is 0.552. The summed E-state index contributed by atoms with van der Waals surface area (Å²) in [5, 5.41) is 5.29. The highest BCUT2D eigenvalue weighted by molar-refractivity contribution is 7.89. The lowest BCUT2D eigenvalue weighted by molar-refractivity contribution is -0.274. The number of nitrogens with one attached hydrogen (secondary N) is 2. The summed E-state index contributed by atoms with van der Waals surface area (Å²) >= 11 is 5.87. The van der Waals surface area contributed by atoms with Gasteiger partial charge in [-0.15, -0.1) is 13.2 Å². The fourth-order valence-electron chi connectivity index (χ4n) is 4.46. The first-order valence-electron chi connectivity index (χ1n) is 13.4. The van der Waals surface area contributed by atoms with Crippen LogP contribution in [0, 0.1) is 0 Å². The normalized spacial score (nSPS) is 16.2. The predicted octanol–water partition coefficient (Wildman–Crippen LogP) is 5.36. The van der Waals surface area contributed by atoms with Crippen LogP contribution in [-0.2, 0) is 27.3 Å². The van der Waals surface area contributed by atoms with Crippen molar-refractivity contribution in [3.8, 4) is 5.75 Å². The molecule has 10 nitrogen and oxygen atoms in total. The van der Waals surface area contributed by atoms with Crippen LogP contribution in [-0.4, -0.2) is 66.6 Å². The largest absolute Gasteiger partial charge is 0.573 e. The summed E-state index contributed by atoms with van der Waals surface area (Å²) in [7, 11) is -4.47. The second-order valence-corrected chi connectivity index (χ2v) is 12.1. The van der Waals surface area contributed by atoms with Crippen molar-refractivity contribution in [2.75, 3.05) is 25.0 Å². The van der Waals surface area contributed by atoms with E-state index in [2.05, 4.69) is 20.4 Å². The van der Waals surface area contributed by atoms with E-state index in [9.17, 15) is 40.0 Å². The van der Waals surface area contributed by atoms with Gasteiger partial charge in [0.2, 0.25) is 15.9 Å². The van der Waals surface area contributed by atoms with Gasteiger partial charge in [0.25, 0.3) is 5.92 Å². The van der Waals surface area contributed by atoms with E-state index in [1.165, 1.54) is 54.4 Å². The maximum atomic E-state index is 14.0. The molecule has 0 saturated carbocycles. The van der Waals surface area contributed by atoms with E-state index in [1.54, 1.807) is 0 Å². The number of hydrogen-bond donors (Lipinski definition) is 2. The highest BCUT2D eigenvalue weighted by atomic mass is 35.5. The Bertz CT molecular complexity index is 1630. The molecular formula is C28H27ClF5N5O5S. The summed E-state index contributed by atoms with van der Waals surface area (Å²) in [6.07, 6.45) is -4.02. The molecule has 17 heteroatoms. The molecule has 0 spiro atoms. The molecule has 1 fully saturated rings. The van der Waals surface area contributed by atoms with Gasteiger partial charge in [-0.25, -0.2) is 27.0 Å². The molecular weight excluding hydrogens is 649 g/mol. The van der Waals surface area contributed by atoms with Gasteiger partial charge in [0, 0.05) is 50.0 Å². The number of pyridine rings is 1. The zero-order chi connectivity index (χ0) is 33.0. The zero-order valence-corrected chi connectivity index (χ0v) is 25.1. The second-order valence-electron chi connectivity index (χ2n) is 9.87. The lowest BCUT2D eigenvalue weighted by Gasteiger charge is -2.39. The summed E-state index contributed by atoms with van der Waals surface area (Å²) in [6.45, 7) is 0.320. The molecule has 0 bridgehead atoms. The quantitative estimate of drug-likeness (QED) is 0.233. The van der Waals surface area contributed by atoms with Gasteiger partial charge in [0.05, 0.1) is 4.90 Å². The van der Waals surface area contributed by atoms with Crippen molar-refractivity contribution in [2.45, 2.75) is 43.1 Å². The van der Waals surface area contributed by atoms with Crippen molar-refractivity contribution in [3.05, 3.63) is 83.1 Å². The maximum absolute atomic E-state index is 14.0. The van der Waals surface area contributed by atoms with Crippen LogP contribution in [0.25, 0.3) is 0 Å². The van der Waals surface area contributed by atoms with Crippen LogP contribution in [0.15, 0.2) is 71.8 Å². The third-order valence-corrected chi connectivity index (χ3v) is 8.98. The first-order chi connectivity index (χ1) is 21.1. The predicted molar refractivity (Wildman–Crippen MR) is 153 cm³/mol. The number of carbonyl (C=O) groups is 2. The topological polar surface area (TPSA) is 121 Å². The Balaban J connectivity index is 1.55. The van der Waals surface area contributed by atoms with Crippen molar-refractivity contribution in [2.24, 2.45) is 0 Å². The number of nitrogens with zero attached hydrogens (tertiary/aromatic N) is 3. The number of hydrogen-bond acceptors (Lipinski definition) is 6. The molecule has 2 N–H and O–H groups in total. The van der Waals surface area contributed by atoms with Gasteiger partial charge in [0.1, 0.15) is 16.9 Å². The molecule has 2 heterocycles. The minimum atomic E-state index is -4.99. The van der Waals surface area contributed by atoms with Crippen LogP contribution < -0.4 is 15.4 Å². The van der Waals surface area contributed by atoms with Gasteiger partial charge in [-0.1, -0.05) is 42.8 Å². The minimum absolute atomic E-state index is 0.110. The first kappa shape index (κ1) is 33.9. The fraction of sp³-hybridized carbons (Fsp3) is 0.321. The second kappa shape index (κ2) is 13.5. The van der Waals surface area contributed by atoms with Gasteiger partial charge in [0.15, 0.2) is 0 Å². The van der Waals surface area contributed by atoms with Gasteiger partial charge < -0.3 is 20.3 Å². The molecule has 2 aromatic carbocycles. The third-order valence-electron chi connectivity index (χ3n) is 6.85. The average molecular weight is 676 g/mol. The summed E-state index contributed by atoms with van der Waals surface area (Å²) in [4.78, 5) is 31.1. The molecule has 3 amide bonds. The van der Waals surface area contributed by atoms with E-state index in [1.807, 2.05) is 0 Å². The van der Waals surface area contributed by atoms with E-state index >= 15 is 0 Å². The smallest absolute Gasteiger partial charge is 0.406 e.